The molecule has 0 aromatic rings. The summed E-state index contributed by atoms with van der Waals surface area (Å²) in [6, 6.07) is 0. The molecule has 1 aliphatic carbocycles. The van der Waals surface area contributed by atoms with E-state index in [9.17, 15) is 9.90 Å². The van der Waals surface area contributed by atoms with Crippen LogP contribution >= 0.6 is 0 Å². The maximum absolute atomic E-state index is 11.9. The minimum absolute atomic E-state index is 0.199. The van der Waals surface area contributed by atoms with Gasteiger partial charge in [-0.25, -0.2) is 0 Å². The van der Waals surface area contributed by atoms with Gasteiger partial charge in [0.1, 0.15) is 5.60 Å². The highest BCUT2D eigenvalue weighted by Crippen LogP contribution is 2.33. The molecule has 2 aliphatic rings. The quantitative estimate of drug-likeness (QED) is 0.729. The van der Waals surface area contributed by atoms with E-state index in [1.54, 1.807) is 0 Å². The zero-order valence-electron chi connectivity index (χ0n) is 8.29. The Kier molecular flexibility index (Phi) is 2.59. The molecule has 0 radical (unpaired) electrons. The van der Waals surface area contributed by atoms with Gasteiger partial charge in [0.15, 0.2) is 5.76 Å². The average molecular weight is 196 g/mol. The number of carbonyl (C=O) groups is 1. The van der Waals surface area contributed by atoms with Crippen molar-refractivity contribution in [3.8, 4) is 0 Å². The van der Waals surface area contributed by atoms with Crippen molar-refractivity contribution in [2.45, 2.75) is 44.1 Å². The van der Waals surface area contributed by atoms with E-state index in [1.807, 2.05) is 6.08 Å². The van der Waals surface area contributed by atoms with Crippen LogP contribution in [0.15, 0.2) is 11.8 Å². The van der Waals surface area contributed by atoms with Crippen LogP contribution in [0.4, 0.5) is 0 Å². The minimum Gasteiger partial charge on any atom is -0.490 e. The Balaban J connectivity index is 2.10. The molecule has 14 heavy (non-hydrogen) atoms. The van der Waals surface area contributed by atoms with Crippen molar-refractivity contribution >= 4 is 5.78 Å². The van der Waals surface area contributed by atoms with Gasteiger partial charge in [0.05, 0.1) is 6.61 Å². The second kappa shape index (κ2) is 3.73. The first-order valence-electron chi connectivity index (χ1n) is 5.32. The van der Waals surface area contributed by atoms with E-state index in [4.69, 9.17) is 4.74 Å². The van der Waals surface area contributed by atoms with Gasteiger partial charge in [-0.15, -0.1) is 0 Å². The van der Waals surface area contributed by atoms with Gasteiger partial charge in [-0.05, 0) is 44.6 Å². The maximum Gasteiger partial charge on any atom is 0.228 e. The molecule has 1 saturated carbocycles. The van der Waals surface area contributed by atoms with Crippen LogP contribution in [-0.2, 0) is 9.53 Å². The van der Waals surface area contributed by atoms with Crippen molar-refractivity contribution in [2.75, 3.05) is 6.61 Å². The second-order valence-electron chi connectivity index (χ2n) is 4.13. The number of hydrogen-bond acceptors (Lipinski definition) is 3. The molecule has 78 valence electrons. The standard InChI is InChI=1S/C11H16O3/c12-10(9-5-1-4-8-14-9)11(13)6-2-3-7-11/h5,13H,1-4,6-8H2. The number of Topliss-reactive ketones (excluding diaryl/α,β-unsaturated/α-hetero) is 1. The van der Waals surface area contributed by atoms with Gasteiger partial charge >= 0.3 is 0 Å². The molecule has 1 N–H and O–H groups in total. The average Bonchev–Trinajstić information content (AvgIpc) is 2.67. The summed E-state index contributed by atoms with van der Waals surface area (Å²) in [6.45, 7) is 0.605. The summed E-state index contributed by atoms with van der Waals surface area (Å²) < 4.78 is 5.27. The molecular formula is C11H16O3. The number of ketones is 1. The van der Waals surface area contributed by atoms with E-state index >= 15 is 0 Å². The van der Waals surface area contributed by atoms with E-state index in [-0.39, 0.29) is 5.78 Å². The van der Waals surface area contributed by atoms with Crippen LogP contribution in [0.5, 0.6) is 0 Å². The summed E-state index contributed by atoms with van der Waals surface area (Å²) in [6.07, 6.45) is 6.72. The highest BCUT2D eigenvalue weighted by molar-refractivity contribution is 6.00. The third-order valence-corrected chi connectivity index (χ3v) is 3.01. The number of rotatable bonds is 2. The van der Waals surface area contributed by atoms with Gasteiger partial charge in [-0.3, -0.25) is 4.79 Å². The first-order chi connectivity index (χ1) is 6.72. The van der Waals surface area contributed by atoms with Crippen molar-refractivity contribution in [3.63, 3.8) is 0 Å². The predicted molar refractivity (Wildman–Crippen MR) is 51.7 cm³/mol. The van der Waals surface area contributed by atoms with E-state index in [0.29, 0.717) is 25.2 Å². The molecule has 1 aliphatic heterocycles. The normalized spacial score (nSPS) is 25.4. The SMILES string of the molecule is O=C(C1=CCCCO1)C1(O)CCCC1. The third kappa shape index (κ3) is 1.69. The first-order valence-corrected chi connectivity index (χ1v) is 5.32. The van der Waals surface area contributed by atoms with Crippen molar-refractivity contribution in [2.24, 2.45) is 0 Å². The number of hydrogen-bond donors (Lipinski definition) is 1. The highest BCUT2D eigenvalue weighted by atomic mass is 16.5. The van der Waals surface area contributed by atoms with Gasteiger partial charge < -0.3 is 9.84 Å². The lowest BCUT2D eigenvalue weighted by Gasteiger charge is -2.23. The third-order valence-electron chi connectivity index (χ3n) is 3.01. The van der Waals surface area contributed by atoms with Crippen LogP contribution in [-0.4, -0.2) is 23.1 Å². The lowest BCUT2D eigenvalue weighted by Crippen LogP contribution is -2.37. The van der Waals surface area contributed by atoms with Crippen LogP contribution in [0.1, 0.15) is 38.5 Å². The number of aliphatic hydroxyl groups is 1. The molecule has 3 heteroatoms. The highest BCUT2D eigenvalue weighted by Gasteiger charge is 2.41. The van der Waals surface area contributed by atoms with E-state index in [1.165, 1.54) is 0 Å². The van der Waals surface area contributed by atoms with Gasteiger partial charge in [0.25, 0.3) is 0 Å². The fourth-order valence-corrected chi connectivity index (χ4v) is 2.13. The van der Waals surface area contributed by atoms with Gasteiger partial charge in [-0.2, -0.15) is 0 Å². The maximum atomic E-state index is 11.9. The fraction of sp³-hybridized carbons (Fsp3) is 0.727. The molecule has 0 spiro atoms. The Bertz CT molecular complexity index is 262. The van der Waals surface area contributed by atoms with Crippen LogP contribution < -0.4 is 0 Å². The molecule has 2 rings (SSSR count). The fourth-order valence-electron chi connectivity index (χ4n) is 2.13. The Morgan fingerprint density at radius 1 is 1.36 bits per heavy atom. The first kappa shape index (κ1) is 9.71. The summed E-state index contributed by atoms with van der Waals surface area (Å²) in [4.78, 5) is 11.9. The van der Waals surface area contributed by atoms with E-state index in [0.717, 1.165) is 25.7 Å². The van der Waals surface area contributed by atoms with Crippen molar-refractivity contribution in [1.82, 2.24) is 0 Å². The van der Waals surface area contributed by atoms with Crippen LogP contribution in [0.2, 0.25) is 0 Å². The molecule has 0 unspecified atom stereocenters. The molecule has 1 heterocycles. The Morgan fingerprint density at radius 3 is 2.64 bits per heavy atom. The van der Waals surface area contributed by atoms with Crippen molar-refractivity contribution in [1.29, 1.82) is 0 Å². The van der Waals surface area contributed by atoms with Crippen molar-refractivity contribution in [3.05, 3.63) is 11.8 Å². The van der Waals surface area contributed by atoms with Crippen LogP contribution in [0, 0.1) is 0 Å². The van der Waals surface area contributed by atoms with Gasteiger partial charge in [0, 0.05) is 0 Å². The zero-order valence-corrected chi connectivity index (χ0v) is 8.29. The lowest BCUT2D eigenvalue weighted by molar-refractivity contribution is -0.136. The predicted octanol–water partition coefficient (Wildman–Crippen LogP) is 1.55. The summed E-state index contributed by atoms with van der Waals surface area (Å²) in [5.74, 6) is 0.190. The number of ether oxygens (including phenoxy) is 1. The zero-order chi connectivity index (χ0) is 10.0. The van der Waals surface area contributed by atoms with Crippen molar-refractivity contribution < 1.29 is 14.6 Å². The van der Waals surface area contributed by atoms with E-state index < -0.39 is 5.60 Å². The van der Waals surface area contributed by atoms with E-state index in [2.05, 4.69) is 0 Å². The smallest absolute Gasteiger partial charge is 0.228 e. The minimum atomic E-state index is -1.12. The van der Waals surface area contributed by atoms with Crippen LogP contribution in [0.25, 0.3) is 0 Å². The molecule has 0 aromatic heterocycles. The molecule has 1 fully saturated rings. The molecule has 0 bridgehead atoms. The van der Waals surface area contributed by atoms with Gasteiger partial charge in [-0.1, -0.05) is 0 Å². The molecule has 0 amide bonds. The van der Waals surface area contributed by atoms with Crippen LogP contribution in [0.3, 0.4) is 0 Å². The monoisotopic (exact) mass is 196 g/mol. The second-order valence-corrected chi connectivity index (χ2v) is 4.13. The molecular weight excluding hydrogens is 180 g/mol. The Labute approximate surface area is 83.8 Å². The molecule has 3 nitrogen and oxygen atoms in total. The largest absolute Gasteiger partial charge is 0.490 e. The Morgan fingerprint density at radius 2 is 2.07 bits per heavy atom. The lowest BCUT2D eigenvalue weighted by atomic mass is 9.94. The summed E-state index contributed by atoms with van der Waals surface area (Å²) >= 11 is 0. The number of carbonyl (C=O) groups excluding carboxylic acids is 1. The molecule has 0 saturated heterocycles. The Hall–Kier alpha value is -0.830. The molecule has 0 aromatic carbocycles. The summed E-state index contributed by atoms with van der Waals surface area (Å²) in [5, 5.41) is 10.0. The topological polar surface area (TPSA) is 46.5 Å². The van der Waals surface area contributed by atoms with Gasteiger partial charge in [0.2, 0.25) is 5.78 Å². The molecule has 0 atom stereocenters. The summed E-state index contributed by atoms with van der Waals surface area (Å²) in [5.41, 5.74) is -1.12. The summed E-state index contributed by atoms with van der Waals surface area (Å²) in [7, 11) is 0. The number of allylic oxidation sites excluding steroid dienone is 1.